The van der Waals surface area contributed by atoms with Gasteiger partial charge in [0.15, 0.2) is 0 Å². The van der Waals surface area contributed by atoms with Crippen LogP contribution in [0.3, 0.4) is 0 Å². The van der Waals surface area contributed by atoms with Gasteiger partial charge in [0, 0.05) is 6.07 Å². The lowest BCUT2D eigenvalue weighted by molar-refractivity contribution is -0.384. The number of hydrazine groups is 1. The minimum atomic E-state index is -4.70. The van der Waals surface area contributed by atoms with Gasteiger partial charge in [0.25, 0.3) is 5.69 Å². The molecule has 2 aromatic carbocycles. The van der Waals surface area contributed by atoms with Crippen LogP contribution in [0.25, 0.3) is 0 Å². The molecule has 2 rings (SSSR count). The average Bonchev–Trinajstić information content (AvgIpc) is 2.54. The number of hydrogen-bond donors (Lipinski definition) is 2. The summed E-state index contributed by atoms with van der Waals surface area (Å²) in [5, 5.41) is 11.0. The average molecular weight is 353 g/mol. The first-order chi connectivity index (χ1) is 11.7. The largest absolute Gasteiger partial charge is 0.416 e. The molecule has 0 radical (unpaired) electrons. The van der Waals surface area contributed by atoms with E-state index in [0.717, 1.165) is 17.2 Å². The summed E-state index contributed by atoms with van der Waals surface area (Å²) < 4.78 is 37.9. The SMILES string of the molecule is Cc1ccccc1CC(=O)NNc1ccc(C(F)(F)F)cc1[N+](=O)[O-]. The van der Waals surface area contributed by atoms with Crippen LogP contribution in [0.15, 0.2) is 42.5 Å². The predicted octanol–water partition coefficient (Wildman–Crippen LogP) is 3.61. The quantitative estimate of drug-likeness (QED) is 0.635. The van der Waals surface area contributed by atoms with Gasteiger partial charge in [-0.05, 0) is 30.2 Å². The van der Waals surface area contributed by atoms with Crippen LogP contribution in [0.5, 0.6) is 0 Å². The van der Waals surface area contributed by atoms with E-state index in [1.54, 1.807) is 12.1 Å². The summed E-state index contributed by atoms with van der Waals surface area (Å²) in [6.07, 6.45) is -4.68. The molecule has 0 aliphatic heterocycles. The van der Waals surface area contributed by atoms with Crippen molar-refractivity contribution in [3.8, 4) is 0 Å². The molecule has 9 heteroatoms. The molecule has 0 fully saturated rings. The molecule has 0 saturated carbocycles. The van der Waals surface area contributed by atoms with Crippen molar-refractivity contribution in [2.75, 3.05) is 5.43 Å². The summed E-state index contributed by atoms with van der Waals surface area (Å²) >= 11 is 0. The van der Waals surface area contributed by atoms with E-state index in [-0.39, 0.29) is 12.1 Å². The Morgan fingerprint density at radius 3 is 2.48 bits per heavy atom. The molecule has 2 aromatic rings. The van der Waals surface area contributed by atoms with E-state index >= 15 is 0 Å². The van der Waals surface area contributed by atoms with Crippen molar-refractivity contribution >= 4 is 17.3 Å². The lowest BCUT2D eigenvalue weighted by Crippen LogP contribution is -2.31. The van der Waals surface area contributed by atoms with Gasteiger partial charge in [0.1, 0.15) is 5.69 Å². The Balaban J connectivity index is 2.11. The van der Waals surface area contributed by atoms with Crippen LogP contribution in [0, 0.1) is 17.0 Å². The predicted molar refractivity (Wildman–Crippen MR) is 84.7 cm³/mol. The van der Waals surface area contributed by atoms with Crippen molar-refractivity contribution in [2.24, 2.45) is 0 Å². The zero-order valence-corrected chi connectivity index (χ0v) is 13.1. The first-order valence-electron chi connectivity index (χ1n) is 7.13. The number of benzene rings is 2. The molecular formula is C16H14F3N3O3. The highest BCUT2D eigenvalue weighted by molar-refractivity contribution is 5.81. The van der Waals surface area contributed by atoms with Crippen LogP contribution in [0.4, 0.5) is 24.5 Å². The van der Waals surface area contributed by atoms with Crippen LogP contribution >= 0.6 is 0 Å². The minimum absolute atomic E-state index is 0.0219. The standard InChI is InChI=1S/C16H14F3N3O3/c1-10-4-2-3-5-11(10)8-15(23)21-20-13-7-6-12(16(17,18)19)9-14(13)22(24)25/h2-7,9,20H,8H2,1H3,(H,21,23). The number of aryl methyl sites for hydroxylation is 1. The molecular weight excluding hydrogens is 339 g/mol. The summed E-state index contributed by atoms with van der Waals surface area (Å²) in [6.45, 7) is 1.83. The number of halogens is 3. The number of nitro benzene ring substituents is 1. The number of carbonyl (C=O) groups excluding carboxylic acids is 1. The molecule has 0 spiro atoms. The van der Waals surface area contributed by atoms with Gasteiger partial charge in [0.05, 0.1) is 16.9 Å². The number of carbonyl (C=O) groups is 1. The number of alkyl halides is 3. The monoisotopic (exact) mass is 353 g/mol. The summed E-state index contributed by atoms with van der Waals surface area (Å²) in [7, 11) is 0. The molecule has 0 saturated heterocycles. The van der Waals surface area contributed by atoms with Crippen LogP contribution in [-0.4, -0.2) is 10.8 Å². The second-order valence-electron chi connectivity index (χ2n) is 5.26. The highest BCUT2D eigenvalue weighted by Gasteiger charge is 2.33. The fourth-order valence-electron chi connectivity index (χ4n) is 2.13. The van der Waals surface area contributed by atoms with Crippen LogP contribution in [0.1, 0.15) is 16.7 Å². The Morgan fingerprint density at radius 1 is 1.20 bits per heavy atom. The highest BCUT2D eigenvalue weighted by Crippen LogP contribution is 2.34. The van der Waals surface area contributed by atoms with Gasteiger partial charge < -0.3 is 0 Å². The van der Waals surface area contributed by atoms with Gasteiger partial charge in [-0.3, -0.25) is 25.8 Å². The Kier molecular flexibility index (Phi) is 5.26. The van der Waals surface area contributed by atoms with Crippen LogP contribution in [-0.2, 0) is 17.4 Å². The van der Waals surface area contributed by atoms with E-state index in [0.29, 0.717) is 12.1 Å². The molecule has 132 valence electrons. The fourth-order valence-corrected chi connectivity index (χ4v) is 2.13. The summed E-state index contributed by atoms with van der Waals surface area (Å²) in [5.41, 5.74) is 4.06. The first-order valence-corrected chi connectivity index (χ1v) is 7.13. The van der Waals surface area contributed by atoms with E-state index in [9.17, 15) is 28.1 Å². The van der Waals surface area contributed by atoms with Crippen LogP contribution in [0.2, 0.25) is 0 Å². The zero-order valence-electron chi connectivity index (χ0n) is 13.1. The van der Waals surface area contributed by atoms with Gasteiger partial charge in [-0.15, -0.1) is 0 Å². The van der Waals surface area contributed by atoms with E-state index < -0.39 is 28.3 Å². The van der Waals surface area contributed by atoms with E-state index in [2.05, 4.69) is 10.9 Å². The second kappa shape index (κ2) is 7.20. The third-order valence-electron chi connectivity index (χ3n) is 3.47. The molecule has 6 nitrogen and oxygen atoms in total. The second-order valence-corrected chi connectivity index (χ2v) is 5.26. The van der Waals surface area contributed by atoms with E-state index in [1.807, 2.05) is 19.1 Å². The Labute approximate surface area is 140 Å². The van der Waals surface area contributed by atoms with E-state index in [4.69, 9.17) is 0 Å². The fraction of sp³-hybridized carbons (Fsp3) is 0.188. The number of amides is 1. The number of nitrogens with zero attached hydrogens (tertiary/aromatic N) is 1. The van der Waals surface area contributed by atoms with Crippen molar-refractivity contribution < 1.29 is 22.9 Å². The van der Waals surface area contributed by atoms with Crippen molar-refractivity contribution in [1.29, 1.82) is 0 Å². The minimum Gasteiger partial charge on any atom is -0.292 e. The normalized spacial score (nSPS) is 11.0. The van der Waals surface area contributed by atoms with Crippen molar-refractivity contribution in [2.45, 2.75) is 19.5 Å². The number of anilines is 1. The van der Waals surface area contributed by atoms with Crippen molar-refractivity contribution in [3.63, 3.8) is 0 Å². The summed E-state index contributed by atoms with van der Waals surface area (Å²) in [5.74, 6) is -0.483. The van der Waals surface area contributed by atoms with Gasteiger partial charge in [-0.1, -0.05) is 24.3 Å². The van der Waals surface area contributed by atoms with Crippen LogP contribution < -0.4 is 10.9 Å². The molecule has 0 aromatic heterocycles. The number of hydrogen-bond acceptors (Lipinski definition) is 4. The molecule has 0 atom stereocenters. The highest BCUT2D eigenvalue weighted by atomic mass is 19.4. The van der Waals surface area contributed by atoms with Crippen molar-refractivity contribution in [3.05, 3.63) is 69.3 Å². The molecule has 0 heterocycles. The lowest BCUT2D eigenvalue weighted by atomic mass is 10.1. The Bertz CT molecular complexity index is 807. The molecule has 0 aliphatic rings. The summed E-state index contributed by atoms with van der Waals surface area (Å²) in [6, 6.07) is 9.18. The van der Waals surface area contributed by atoms with E-state index in [1.165, 1.54) is 0 Å². The molecule has 0 unspecified atom stereocenters. The third-order valence-corrected chi connectivity index (χ3v) is 3.47. The number of nitro groups is 1. The number of rotatable bonds is 5. The van der Waals surface area contributed by atoms with Gasteiger partial charge >= 0.3 is 6.18 Å². The Hall–Kier alpha value is -3.10. The van der Waals surface area contributed by atoms with Gasteiger partial charge in [-0.2, -0.15) is 13.2 Å². The number of nitrogens with one attached hydrogen (secondary N) is 2. The topological polar surface area (TPSA) is 84.3 Å². The zero-order chi connectivity index (χ0) is 18.6. The maximum Gasteiger partial charge on any atom is 0.416 e. The lowest BCUT2D eigenvalue weighted by Gasteiger charge is -2.12. The maximum absolute atomic E-state index is 12.6. The summed E-state index contributed by atoms with van der Waals surface area (Å²) in [4.78, 5) is 21.9. The Morgan fingerprint density at radius 2 is 1.88 bits per heavy atom. The van der Waals surface area contributed by atoms with Gasteiger partial charge in [0.2, 0.25) is 5.91 Å². The molecule has 2 N–H and O–H groups in total. The maximum atomic E-state index is 12.6. The molecule has 25 heavy (non-hydrogen) atoms. The smallest absolute Gasteiger partial charge is 0.292 e. The first kappa shape index (κ1) is 18.2. The molecule has 0 bridgehead atoms. The molecule has 0 aliphatic carbocycles. The molecule has 1 amide bonds. The van der Waals surface area contributed by atoms with Crippen molar-refractivity contribution in [1.82, 2.24) is 5.43 Å². The van der Waals surface area contributed by atoms with Gasteiger partial charge in [-0.25, -0.2) is 0 Å². The third kappa shape index (κ3) is 4.69.